The van der Waals surface area contributed by atoms with Crippen molar-refractivity contribution in [3.8, 4) is 0 Å². The first-order valence-corrected chi connectivity index (χ1v) is 11.9. The normalized spacial score (nSPS) is 17.9. The highest BCUT2D eigenvalue weighted by molar-refractivity contribution is 7.89. The van der Waals surface area contributed by atoms with Crippen molar-refractivity contribution >= 4 is 27.6 Å². The average molecular weight is 461 g/mol. The molecule has 170 valence electrons. The summed E-state index contributed by atoms with van der Waals surface area (Å²) in [7, 11) is -3.76. The molecular formula is C22H25FN4O4S. The predicted octanol–water partition coefficient (Wildman–Crippen LogP) is 2.20. The third-order valence-electron chi connectivity index (χ3n) is 5.78. The van der Waals surface area contributed by atoms with Gasteiger partial charge in [0, 0.05) is 50.5 Å². The van der Waals surface area contributed by atoms with E-state index in [1.54, 1.807) is 28.0 Å². The number of rotatable bonds is 4. The topological polar surface area (TPSA) is 90.0 Å². The minimum Gasteiger partial charge on any atom is -0.337 e. The standard InChI is InChI=1S/C22H25FN4O4S/c1-16-15-17(3-8-20(16)27-12-9-24-22(27)29)21(28)25-10-2-11-26(14-13-25)32(30,31)19-6-4-18(23)5-7-19/h3-8,15H,2,9-14H2,1H3,(H,24,29). The Kier molecular flexibility index (Phi) is 6.16. The lowest BCUT2D eigenvalue weighted by molar-refractivity contribution is 0.0764. The Hall–Kier alpha value is -2.98. The molecule has 8 nitrogen and oxygen atoms in total. The molecule has 2 aromatic carbocycles. The van der Waals surface area contributed by atoms with E-state index in [9.17, 15) is 22.4 Å². The smallest absolute Gasteiger partial charge is 0.322 e. The van der Waals surface area contributed by atoms with Crippen molar-refractivity contribution in [2.24, 2.45) is 0 Å². The summed E-state index contributed by atoms with van der Waals surface area (Å²) in [5.41, 5.74) is 2.09. The fourth-order valence-corrected chi connectivity index (χ4v) is 5.54. The van der Waals surface area contributed by atoms with Crippen LogP contribution in [-0.4, -0.2) is 68.8 Å². The maximum absolute atomic E-state index is 13.2. The number of carbonyl (C=O) groups excluding carboxylic acids is 2. The third-order valence-corrected chi connectivity index (χ3v) is 7.70. The second-order valence-corrected chi connectivity index (χ2v) is 9.83. The molecule has 2 fully saturated rings. The van der Waals surface area contributed by atoms with E-state index in [0.717, 1.165) is 23.4 Å². The number of benzene rings is 2. The van der Waals surface area contributed by atoms with Gasteiger partial charge >= 0.3 is 6.03 Å². The molecule has 1 N–H and O–H groups in total. The van der Waals surface area contributed by atoms with Crippen molar-refractivity contribution in [1.29, 1.82) is 0 Å². The Balaban J connectivity index is 1.46. The monoisotopic (exact) mass is 460 g/mol. The number of amides is 3. The van der Waals surface area contributed by atoms with Crippen LogP contribution in [0.25, 0.3) is 0 Å². The van der Waals surface area contributed by atoms with Crippen LogP contribution < -0.4 is 10.2 Å². The third kappa shape index (κ3) is 4.33. The summed E-state index contributed by atoms with van der Waals surface area (Å²) < 4.78 is 40.3. The highest BCUT2D eigenvalue weighted by atomic mass is 32.2. The molecule has 0 atom stereocenters. The van der Waals surface area contributed by atoms with Gasteiger partial charge in [-0.3, -0.25) is 9.69 Å². The Morgan fingerprint density at radius 1 is 1.00 bits per heavy atom. The molecule has 0 saturated carbocycles. The zero-order chi connectivity index (χ0) is 22.9. The zero-order valence-electron chi connectivity index (χ0n) is 17.8. The summed E-state index contributed by atoms with van der Waals surface area (Å²) in [5.74, 6) is -0.671. The van der Waals surface area contributed by atoms with Crippen molar-refractivity contribution in [1.82, 2.24) is 14.5 Å². The van der Waals surface area contributed by atoms with E-state index >= 15 is 0 Å². The van der Waals surface area contributed by atoms with E-state index in [1.807, 2.05) is 6.92 Å². The number of urea groups is 1. The molecule has 0 aliphatic carbocycles. The molecule has 2 saturated heterocycles. The number of hydrogen-bond donors (Lipinski definition) is 1. The number of hydrogen-bond acceptors (Lipinski definition) is 4. The molecule has 10 heteroatoms. The van der Waals surface area contributed by atoms with Gasteiger partial charge in [-0.25, -0.2) is 17.6 Å². The van der Waals surface area contributed by atoms with E-state index < -0.39 is 15.8 Å². The minimum atomic E-state index is -3.76. The molecule has 2 aromatic rings. The molecular weight excluding hydrogens is 435 g/mol. The van der Waals surface area contributed by atoms with Crippen LogP contribution in [0.2, 0.25) is 0 Å². The van der Waals surface area contributed by atoms with Gasteiger partial charge in [-0.1, -0.05) is 0 Å². The summed E-state index contributed by atoms with van der Waals surface area (Å²) in [6, 6.07) is 9.84. The summed E-state index contributed by atoms with van der Waals surface area (Å²) in [4.78, 5) is 28.4. The van der Waals surface area contributed by atoms with Gasteiger partial charge in [0.25, 0.3) is 5.91 Å². The van der Waals surface area contributed by atoms with Crippen molar-refractivity contribution < 1.29 is 22.4 Å². The highest BCUT2D eigenvalue weighted by Crippen LogP contribution is 2.24. The largest absolute Gasteiger partial charge is 0.337 e. The first-order valence-electron chi connectivity index (χ1n) is 10.5. The number of nitrogens with one attached hydrogen (secondary N) is 1. The fourth-order valence-electron chi connectivity index (χ4n) is 4.07. The molecule has 0 bridgehead atoms. The van der Waals surface area contributed by atoms with Crippen molar-refractivity contribution in [2.75, 3.05) is 44.2 Å². The average Bonchev–Trinajstić information content (AvgIpc) is 3.04. The molecule has 32 heavy (non-hydrogen) atoms. The van der Waals surface area contributed by atoms with Gasteiger partial charge in [0.05, 0.1) is 4.90 Å². The van der Waals surface area contributed by atoms with Crippen LogP contribution in [-0.2, 0) is 10.0 Å². The maximum Gasteiger partial charge on any atom is 0.322 e. The molecule has 2 heterocycles. The number of aryl methyl sites for hydroxylation is 1. The second-order valence-electron chi connectivity index (χ2n) is 7.89. The van der Waals surface area contributed by atoms with Crippen molar-refractivity contribution in [3.05, 3.63) is 59.4 Å². The number of carbonyl (C=O) groups is 2. The zero-order valence-corrected chi connectivity index (χ0v) is 18.6. The SMILES string of the molecule is Cc1cc(C(=O)N2CCCN(S(=O)(=O)c3ccc(F)cc3)CC2)ccc1N1CCNC1=O. The van der Waals surface area contributed by atoms with E-state index in [4.69, 9.17) is 0 Å². The molecule has 3 amide bonds. The van der Waals surface area contributed by atoms with Gasteiger partial charge in [-0.2, -0.15) is 4.31 Å². The van der Waals surface area contributed by atoms with E-state index in [2.05, 4.69) is 5.32 Å². The lowest BCUT2D eigenvalue weighted by Crippen LogP contribution is -2.37. The minimum absolute atomic E-state index is 0.0378. The van der Waals surface area contributed by atoms with Crippen LogP contribution in [0.15, 0.2) is 47.4 Å². The van der Waals surface area contributed by atoms with Crippen molar-refractivity contribution in [3.63, 3.8) is 0 Å². The predicted molar refractivity (Wildman–Crippen MR) is 118 cm³/mol. The second kappa shape index (κ2) is 8.87. The van der Waals surface area contributed by atoms with Crippen LogP contribution in [0.4, 0.5) is 14.9 Å². The van der Waals surface area contributed by atoms with Crippen LogP contribution >= 0.6 is 0 Å². The molecule has 0 unspecified atom stereocenters. The van der Waals surface area contributed by atoms with Crippen LogP contribution in [0, 0.1) is 12.7 Å². The van der Waals surface area contributed by atoms with E-state index in [1.165, 1.54) is 16.4 Å². The Morgan fingerprint density at radius 3 is 2.41 bits per heavy atom. The Morgan fingerprint density at radius 2 is 1.75 bits per heavy atom. The maximum atomic E-state index is 13.2. The van der Waals surface area contributed by atoms with Gasteiger partial charge in [-0.15, -0.1) is 0 Å². The fraction of sp³-hybridized carbons (Fsp3) is 0.364. The first kappa shape index (κ1) is 22.2. The van der Waals surface area contributed by atoms with Crippen molar-refractivity contribution in [2.45, 2.75) is 18.2 Å². The van der Waals surface area contributed by atoms with E-state index in [0.29, 0.717) is 31.6 Å². The van der Waals surface area contributed by atoms with Gasteiger partial charge < -0.3 is 10.2 Å². The van der Waals surface area contributed by atoms with Crippen LogP contribution in [0.3, 0.4) is 0 Å². The van der Waals surface area contributed by atoms with Gasteiger partial charge in [0.1, 0.15) is 5.82 Å². The summed E-state index contributed by atoms with van der Waals surface area (Å²) in [5, 5.41) is 2.76. The molecule has 0 aromatic heterocycles. The van der Waals surface area contributed by atoms with Gasteiger partial charge in [0.15, 0.2) is 0 Å². The van der Waals surface area contributed by atoms with Gasteiger partial charge in [-0.05, 0) is 61.4 Å². The van der Waals surface area contributed by atoms with Crippen LogP contribution in [0.5, 0.6) is 0 Å². The number of halogens is 1. The summed E-state index contributed by atoms with van der Waals surface area (Å²) in [6.45, 7) is 4.17. The molecule has 2 aliphatic rings. The number of sulfonamides is 1. The number of anilines is 1. The van der Waals surface area contributed by atoms with E-state index in [-0.39, 0.29) is 36.5 Å². The Bertz CT molecular complexity index is 1140. The van der Waals surface area contributed by atoms with Crippen LogP contribution in [0.1, 0.15) is 22.3 Å². The molecule has 4 rings (SSSR count). The van der Waals surface area contributed by atoms with Gasteiger partial charge in [0.2, 0.25) is 10.0 Å². The molecule has 2 aliphatic heterocycles. The number of nitrogens with zero attached hydrogens (tertiary/aromatic N) is 3. The lowest BCUT2D eigenvalue weighted by Gasteiger charge is -2.23. The molecule has 0 radical (unpaired) electrons. The highest BCUT2D eigenvalue weighted by Gasteiger charge is 2.29. The lowest BCUT2D eigenvalue weighted by atomic mass is 10.1. The summed E-state index contributed by atoms with van der Waals surface area (Å²) >= 11 is 0. The first-order chi connectivity index (χ1) is 15.3. The summed E-state index contributed by atoms with van der Waals surface area (Å²) in [6.07, 6.45) is 0.497. The molecule has 0 spiro atoms. The quantitative estimate of drug-likeness (QED) is 0.758. The Labute approximate surface area is 186 Å².